The second-order valence-corrected chi connectivity index (χ2v) is 4.50. The highest BCUT2D eigenvalue weighted by atomic mass is 35.5. The Labute approximate surface area is 102 Å². The fourth-order valence-electron chi connectivity index (χ4n) is 2.31. The predicted molar refractivity (Wildman–Crippen MR) is 63.8 cm³/mol. The molecule has 0 aromatic rings. The normalized spacial score (nSPS) is 20.5. The van der Waals surface area contributed by atoms with Gasteiger partial charge in [0.2, 0.25) is 5.91 Å². The molecule has 0 radical (unpaired) electrons. The summed E-state index contributed by atoms with van der Waals surface area (Å²) in [6, 6.07) is 2.03. The summed E-state index contributed by atoms with van der Waals surface area (Å²) in [6.45, 7) is 4.24. The lowest BCUT2D eigenvalue weighted by Crippen LogP contribution is -2.36. The minimum atomic E-state index is -0.175. The number of rotatable bonds is 3. The molecular formula is C12H17ClN2O. The standard InChI is InChI=1S/C12H17ClN2O/c1-9-4-3-5-10(2)12(9)15(7-6-14)11(16)8-13/h9H,3-5,7-8H2,1-2H3. The van der Waals surface area contributed by atoms with E-state index in [1.807, 2.05) is 13.0 Å². The minimum absolute atomic E-state index is 0.0643. The molecule has 0 saturated heterocycles. The number of hydrogen-bond donors (Lipinski definition) is 0. The van der Waals surface area contributed by atoms with Gasteiger partial charge in [-0.15, -0.1) is 11.6 Å². The van der Waals surface area contributed by atoms with Gasteiger partial charge in [0.25, 0.3) is 0 Å². The Morgan fingerprint density at radius 1 is 1.69 bits per heavy atom. The molecule has 0 spiro atoms. The Kier molecular flexibility index (Phi) is 4.82. The minimum Gasteiger partial charge on any atom is -0.301 e. The molecule has 1 aliphatic carbocycles. The van der Waals surface area contributed by atoms with Crippen molar-refractivity contribution in [1.29, 1.82) is 5.26 Å². The first kappa shape index (κ1) is 13.1. The monoisotopic (exact) mass is 240 g/mol. The van der Waals surface area contributed by atoms with Gasteiger partial charge in [0.1, 0.15) is 12.4 Å². The quantitative estimate of drug-likeness (QED) is 0.562. The molecule has 0 aromatic carbocycles. The first-order chi connectivity index (χ1) is 7.61. The number of amides is 1. The second-order valence-electron chi connectivity index (χ2n) is 4.23. The molecule has 16 heavy (non-hydrogen) atoms. The van der Waals surface area contributed by atoms with Crippen LogP contribution in [0.1, 0.15) is 33.1 Å². The van der Waals surface area contributed by atoms with Gasteiger partial charge in [0.15, 0.2) is 0 Å². The summed E-state index contributed by atoms with van der Waals surface area (Å²) in [4.78, 5) is 13.2. The third-order valence-electron chi connectivity index (χ3n) is 3.03. The summed E-state index contributed by atoms with van der Waals surface area (Å²) >= 11 is 5.57. The molecule has 88 valence electrons. The molecule has 0 fully saturated rings. The number of carbonyl (C=O) groups is 1. The van der Waals surface area contributed by atoms with Gasteiger partial charge in [-0.2, -0.15) is 5.26 Å². The van der Waals surface area contributed by atoms with Gasteiger partial charge in [-0.05, 0) is 32.1 Å². The summed E-state index contributed by atoms with van der Waals surface area (Å²) in [5.41, 5.74) is 2.23. The highest BCUT2D eigenvalue weighted by molar-refractivity contribution is 6.27. The van der Waals surface area contributed by atoms with Gasteiger partial charge in [-0.1, -0.05) is 12.5 Å². The zero-order chi connectivity index (χ0) is 12.1. The van der Waals surface area contributed by atoms with E-state index in [1.54, 1.807) is 4.90 Å². The maximum absolute atomic E-state index is 11.7. The summed E-state index contributed by atoms with van der Waals surface area (Å²) in [7, 11) is 0. The van der Waals surface area contributed by atoms with E-state index in [0.29, 0.717) is 5.92 Å². The predicted octanol–water partition coefficient (Wildman–Crippen LogP) is 2.67. The van der Waals surface area contributed by atoms with Crippen LogP contribution in [0.5, 0.6) is 0 Å². The van der Waals surface area contributed by atoms with E-state index in [1.165, 1.54) is 5.57 Å². The molecule has 0 N–H and O–H groups in total. The second kappa shape index (κ2) is 5.91. The van der Waals surface area contributed by atoms with Crippen LogP contribution >= 0.6 is 11.6 Å². The van der Waals surface area contributed by atoms with Gasteiger partial charge >= 0.3 is 0 Å². The van der Waals surface area contributed by atoms with Crippen LogP contribution in [0.2, 0.25) is 0 Å². The highest BCUT2D eigenvalue weighted by Crippen LogP contribution is 2.32. The van der Waals surface area contributed by atoms with Gasteiger partial charge in [-0.3, -0.25) is 4.79 Å². The third kappa shape index (κ3) is 2.76. The lowest BCUT2D eigenvalue weighted by molar-refractivity contribution is -0.126. The van der Waals surface area contributed by atoms with Crippen LogP contribution in [0.4, 0.5) is 0 Å². The van der Waals surface area contributed by atoms with Crippen molar-refractivity contribution >= 4 is 17.5 Å². The van der Waals surface area contributed by atoms with Crippen LogP contribution < -0.4 is 0 Å². The first-order valence-electron chi connectivity index (χ1n) is 5.54. The Morgan fingerprint density at radius 2 is 2.38 bits per heavy atom. The summed E-state index contributed by atoms with van der Waals surface area (Å²) in [5.74, 6) is 0.103. The molecule has 1 aliphatic rings. The maximum atomic E-state index is 11.7. The van der Waals surface area contributed by atoms with Gasteiger partial charge in [0, 0.05) is 5.70 Å². The largest absolute Gasteiger partial charge is 0.301 e. The van der Waals surface area contributed by atoms with E-state index in [9.17, 15) is 4.79 Å². The van der Waals surface area contributed by atoms with Crippen molar-refractivity contribution in [3.8, 4) is 6.07 Å². The number of halogens is 1. The number of nitrogens with zero attached hydrogens (tertiary/aromatic N) is 2. The van der Waals surface area contributed by atoms with Crippen molar-refractivity contribution in [1.82, 2.24) is 4.90 Å². The highest BCUT2D eigenvalue weighted by Gasteiger charge is 2.25. The lowest BCUT2D eigenvalue weighted by Gasteiger charge is -2.32. The molecule has 1 unspecified atom stereocenters. The number of alkyl halides is 1. The molecule has 3 nitrogen and oxygen atoms in total. The fourth-order valence-corrected chi connectivity index (χ4v) is 2.45. The van der Waals surface area contributed by atoms with Crippen LogP contribution in [0.15, 0.2) is 11.3 Å². The maximum Gasteiger partial charge on any atom is 0.242 e. The topological polar surface area (TPSA) is 44.1 Å². The molecule has 0 heterocycles. The molecule has 0 aromatic heterocycles. The Morgan fingerprint density at radius 3 is 2.88 bits per heavy atom. The number of nitriles is 1. The average Bonchev–Trinajstić information content (AvgIpc) is 2.26. The van der Waals surface area contributed by atoms with Crippen LogP contribution in [-0.4, -0.2) is 23.2 Å². The zero-order valence-corrected chi connectivity index (χ0v) is 10.5. The third-order valence-corrected chi connectivity index (χ3v) is 3.26. The average molecular weight is 241 g/mol. The van der Waals surface area contributed by atoms with Crippen LogP contribution in [0.25, 0.3) is 0 Å². The molecule has 1 rings (SSSR count). The molecule has 1 atom stereocenters. The van der Waals surface area contributed by atoms with Crippen molar-refractivity contribution < 1.29 is 4.79 Å². The van der Waals surface area contributed by atoms with Gasteiger partial charge < -0.3 is 4.90 Å². The van der Waals surface area contributed by atoms with Gasteiger partial charge in [0.05, 0.1) is 6.07 Å². The molecule has 0 aliphatic heterocycles. The van der Waals surface area contributed by atoms with Crippen LogP contribution in [0, 0.1) is 17.2 Å². The lowest BCUT2D eigenvalue weighted by atomic mass is 9.88. The molecular weight excluding hydrogens is 224 g/mol. The van der Waals surface area contributed by atoms with E-state index >= 15 is 0 Å². The van der Waals surface area contributed by atoms with E-state index < -0.39 is 0 Å². The molecule has 4 heteroatoms. The Bertz CT molecular complexity index is 343. The summed E-state index contributed by atoms with van der Waals surface area (Å²) in [6.07, 6.45) is 3.24. The van der Waals surface area contributed by atoms with Crippen LogP contribution in [-0.2, 0) is 4.79 Å². The fraction of sp³-hybridized carbons (Fsp3) is 0.667. The van der Waals surface area contributed by atoms with Gasteiger partial charge in [-0.25, -0.2) is 0 Å². The molecule has 0 bridgehead atoms. The van der Waals surface area contributed by atoms with Crippen molar-refractivity contribution in [2.75, 3.05) is 12.4 Å². The Balaban J connectivity index is 3.01. The summed E-state index contributed by atoms with van der Waals surface area (Å²) < 4.78 is 0. The zero-order valence-electron chi connectivity index (χ0n) is 9.79. The molecule has 1 amide bonds. The SMILES string of the molecule is CC1=C(N(CC#N)C(=O)CCl)C(C)CCC1. The summed E-state index contributed by atoms with van der Waals surface area (Å²) in [5, 5.41) is 8.77. The number of allylic oxidation sites excluding steroid dienone is 2. The van der Waals surface area contributed by atoms with E-state index in [0.717, 1.165) is 25.0 Å². The van der Waals surface area contributed by atoms with E-state index in [-0.39, 0.29) is 18.3 Å². The van der Waals surface area contributed by atoms with Crippen molar-refractivity contribution in [2.45, 2.75) is 33.1 Å². The van der Waals surface area contributed by atoms with Crippen LogP contribution in [0.3, 0.4) is 0 Å². The van der Waals surface area contributed by atoms with Crippen molar-refractivity contribution in [3.63, 3.8) is 0 Å². The van der Waals surface area contributed by atoms with Crippen molar-refractivity contribution in [2.24, 2.45) is 5.92 Å². The first-order valence-corrected chi connectivity index (χ1v) is 6.08. The molecule has 0 saturated carbocycles. The van der Waals surface area contributed by atoms with Crippen molar-refractivity contribution in [3.05, 3.63) is 11.3 Å². The smallest absolute Gasteiger partial charge is 0.242 e. The number of hydrogen-bond acceptors (Lipinski definition) is 2. The number of carbonyl (C=O) groups excluding carboxylic acids is 1. The Hall–Kier alpha value is -1.01. The van der Waals surface area contributed by atoms with E-state index in [4.69, 9.17) is 16.9 Å². The van der Waals surface area contributed by atoms with E-state index in [2.05, 4.69) is 6.92 Å².